The summed E-state index contributed by atoms with van der Waals surface area (Å²) in [6.07, 6.45) is 10.9. The maximum absolute atomic E-state index is 3.82. The summed E-state index contributed by atoms with van der Waals surface area (Å²) in [5, 5.41) is 0. The van der Waals surface area contributed by atoms with Crippen molar-refractivity contribution in [3.63, 3.8) is 0 Å². The van der Waals surface area contributed by atoms with Crippen LogP contribution in [0.15, 0.2) is 0 Å². The van der Waals surface area contributed by atoms with Crippen molar-refractivity contribution >= 4 is 48.9 Å². The topological polar surface area (TPSA) is 0 Å². The molecule has 0 aromatic carbocycles. The van der Waals surface area contributed by atoms with Crippen molar-refractivity contribution in [3.8, 4) is 0 Å². The second kappa shape index (κ2) is 14.1. The molecule has 0 N–H and O–H groups in total. The van der Waals surface area contributed by atoms with Crippen LogP contribution in [0.5, 0.6) is 0 Å². The minimum absolute atomic E-state index is 0. The summed E-state index contributed by atoms with van der Waals surface area (Å²) in [6, 6.07) is 0. The van der Waals surface area contributed by atoms with Gasteiger partial charge in [0.25, 0.3) is 0 Å². The average molecular weight is 281 g/mol. The van der Waals surface area contributed by atoms with Crippen LogP contribution in [-0.2, 0) is 0 Å². The van der Waals surface area contributed by atoms with Gasteiger partial charge < -0.3 is 0 Å². The second-order valence-electron chi connectivity index (χ2n) is 2.97. The van der Waals surface area contributed by atoms with Gasteiger partial charge in [0.2, 0.25) is 0 Å². The van der Waals surface area contributed by atoms with Crippen molar-refractivity contribution in [2.45, 2.75) is 58.3 Å². The molecule has 0 aromatic rings. The predicted octanol–water partition coefficient (Wildman–Crippen LogP) is 3.04. The number of hydrogen-bond acceptors (Lipinski definition) is 0. The molecule has 0 rings (SSSR count). The molecule has 0 aliphatic heterocycles. The van der Waals surface area contributed by atoms with Crippen molar-refractivity contribution in [1.82, 2.24) is 0 Å². The smallest absolute Gasteiger partial charge is 0.0533 e. The van der Waals surface area contributed by atoms with E-state index in [1.807, 2.05) is 0 Å². The quantitative estimate of drug-likeness (QED) is 0.497. The third-order valence-electron chi connectivity index (χ3n) is 1.85. The molecule has 0 bridgehead atoms. The third kappa shape index (κ3) is 14.4. The molecule has 0 amide bonds. The van der Waals surface area contributed by atoms with Crippen LogP contribution >= 0.6 is 0 Å². The fraction of sp³-hybridized carbons (Fsp3) is 0.900. The Kier molecular flexibility index (Phi) is 19.3. The Labute approximate surface area is 113 Å². The van der Waals surface area contributed by atoms with Gasteiger partial charge in [-0.2, -0.15) is 0 Å². The van der Waals surface area contributed by atoms with E-state index in [0.717, 1.165) is 6.42 Å². The molecule has 0 heterocycles. The van der Waals surface area contributed by atoms with Gasteiger partial charge in [-0.1, -0.05) is 65.2 Å². The average Bonchev–Trinajstić information content (AvgIpc) is 1.97. The zero-order chi connectivity index (χ0) is 7.66. The summed E-state index contributed by atoms with van der Waals surface area (Å²) < 4.78 is 0. The zero-order valence-electron chi connectivity index (χ0n) is 7.36. The minimum Gasteiger partial charge on any atom is -0.0654 e. The molecule has 11 heavy (non-hydrogen) atoms. The van der Waals surface area contributed by atoms with Gasteiger partial charge in [-0.15, -0.1) is 0 Å². The van der Waals surface area contributed by atoms with Gasteiger partial charge in [-0.25, -0.2) is 0 Å². The first-order valence-corrected chi connectivity index (χ1v) is 4.71. The summed E-state index contributed by atoms with van der Waals surface area (Å²) in [7, 11) is 0. The maximum atomic E-state index is 3.82. The molecule has 0 aliphatic carbocycles. The Bertz CT molecular complexity index is 44.8. The van der Waals surface area contributed by atoms with Gasteiger partial charge in [0.15, 0.2) is 0 Å². The van der Waals surface area contributed by atoms with E-state index in [4.69, 9.17) is 0 Å². The number of rotatable bonds is 7. The second-order valence-corrected chi connectivity index (χ2v) is 2.97. The number of hydrogen-bond donors (Lipinski definition) is 0. The molecule has 1 heteroatoms. The molecule has 65 valence electrons. The normalized spacial score (nSPS) is 9.27. The first-order chi connectivity index (χ1) is 4.91. The molecule has 0 aliphatic rings. The minimum atomic E-state index is 0. The first kappa shape index (κ1) is 15.1. The van der Waals surface area contributed by atoms with Crippen LogP contribution in [0.4, 0.5) is 0 Å². The Morgan fingerprint density at radius 2 is 1.27 bits per heavy atom. The Balaban J connectivity index is 0. The van der Waals surface area contributed by atoms with Crippen LogP contribution in [0.3, 0.4) is 0 Å². The maximum Gasteiger partial charge on any atom is -0.0533 e. The summed E-state index contributed by atoms with van der Waals surface area (Å²) in [5.74, 6) is 0. The Morgan fingerprint density at radius 1 is 0.818 bits per heavy atom. The summed E-state index contributed by atoms with van der Waals surface area (Å²) in [4.78, 5) is 0. The monoisotopic (exact) mass is 281 g/mol. The Morgan fingerprint density at radius 3 is 1.73 bits per heavy atom. The van der Waals surface area contributed by atoms with Gasteiger partial charge in [0.05, 0.1) is 0 Å². The van der Waals surface area contributed by atoms with Crippen molar-refractivity contribution in [3.05, 3.63) is 6.92 Å². The molecule has 0 saturated heterocycles. The van der Waals surface area contributed by atoms with Crippen LogP contribution in [0.2, 0.25) is 0 Å². The molecule has 1 radical (unpaired) electrons. The summed E-state index contributed by atoms with van der Waals surface area (Å²) in [5.41, 5.74) is 0. The van der Waals surface area contributed by atoms with E-state index >= 15 is 0 Å². The third-order valence-corrected chi connectivity index (χ3v) is 1.85. The zero-order valence-corrected chi connectivity index (χ0v) is 7.36. The molecule has 0 saturated carbocycles. The van der Waals surface area contributed by atoms with E-state index in [-0.39, 0.29) is 48.9 Å². The van der Waals surface area contributed by atoms with Crippen LogP contribution in [-0.4, -0.2) is 48.9 Å². The fourth-order valence-corrected chi connectivity index (χ4v) is 1.13. The van der Waals surface area contributed by atoms with Crippen molar-refractivity contribution in [1.29, 1.82) is 0 Å². The van der Waals surface area contributed by atoms with Gasteiger partial charge in [0, 0.05) is 0 Å². The van der Waals surface area contributed by atoms with Crippen LogP contribution in [0.1, 0.15) is 58.3 Å². The van der Waals surface area contributed by atoms with Gasteiger partial charge >= 0.3 is 48.9 Å². The fourth-order valence-electron chi connectivity index (χ4n) is 1.13. The predicted molar refractivity (Wildman–Crippen MR) is 56.5 cm³/mol. The van der Waals surface area contributed by atoms with E-state index in [0.29, 0.717) is 0 Å². The molecule has 0 atom stereocenters. The summed E-state index contributed by atoms with van der Waals surface area (Å²) in [6.45, 7) is 6.08. The largest absolute Gasteiger partial charge is 0.0654 e. The van der Waals surface area contributed by atoms with E-state index in [9.17, 15) is 0 Å². The van der Waals surface area contributed by atoms with Gasteiger partial charge in [-0.05, 0) is 0 Å². The van der Waals surface area contributed by atoms with E-state index in [1.165, 1.54) is 44.9 Å². The number of unbranched alkanes of at least 4 members (excludes halogenated alkanes) is 7. The van der Waals surface area contributed by atoms with E-state index in [1.54, 1.807) is 0 Å². The molecular formula is C10H23Ba. The Hall–Kier alpha value is 1.57. The summed E-state index contributed by atoms with van der Waals surface area (Å²) >= 11 is 0. The molecule has 0 nitrogen and oxygen atoms in total. The van der Waals surface area contributed by atoms with Crippen molar-refractivity contribution < 1.29 is 0 Å². The van der Waals surface area contributed by atoms with Crippen LogP contribution in [0, 0.1) is 6.92 Å². The molecule has 0 spiro atoms. The van der Waals surface area contributed by atoms with Crippen LogP contribution in [0.25, 0.3) is 0 Å². The first-order valence-electron chi connectivity index (χ1n) is 4.71. The molecule has 0 fully saturated rings. The van der Waals surface area contributed by atoms with E-state index < -0.39 is 0 Å². The van der Waals surface area contributed by atoms with E-state index in [2.05, 4.69) is 13.8 Å². The SMILES string of the molecule is [BaH2].[CH2]CCCCCCCCC. The van der Waals surface area contributed by atoms with Gasteiger partial charge in [0.1, 0.15) is 0 Å². The molecule has 0 unspecified atom stereocenters. The van der Waals surface area contributed by atoms with Crippen LogP contribution < -0.4 is 0 Å². The molecular weight excluding hydrogens is 257 g/mol. The standard InChI is InChI=1S/C10H21.Ba.2H/c1-3-5-7-9-10-8-6-4-2;;;/h1,3-10H2,2H3;;;. The van der Waals surface area contributed by atoms with Crippen molar-refractivity contribution in [2.24, 2.45) is 0 Å². The molecule has 0 aromatic heterocycles. The van der Waals surface area contributed by atoms with Gasteiger partial charge in [-0.3, -0.25) is 0 Å². The van der Waals surface area contributed by atoms with Crippen molar-refractivity contribution in [2.75, 3.05) is 0 Å².